The number of carbonyl (C=O) groups is 1. The molecule has 0 aromatic heterocycles. The smallest absolute Gasteiger partial charge is 0.249 e. The zero-order valence-electron chi connectivity index (χ0n) is 34.7. The van der Waals surface area contributed by atoms with E-state index in [0.717, 1.165) is 32.1 Å². The summed E-state index contributed by atoms with van der Waals surface area (Å²) in [6.45, 7) is 4.16. The Morgan fingerprint density at radius 3 is 1.21 bits per heavy atom. The van der Waals surface area contributed by atoms with Crippen molar-refractivity contribution in [1.29, 1.82) is 0 Å². The van der Waals surface area contributed by atoms with Crippen LogP contribution in [0.2, 0.25) is 0 Å². The lowest BCUT2D eigenvalue weighted by atomic mass is 10.0. The van der Waals surface area contributed by atoms with Gasteiger partial charge in [0.25, 0.3) is 0 Å². The summed E-state index contributed by atoms with van der Waals surface area (Å²) in [5, 5.41) is 33.2. The average Bonchev–Trinajstić information content (AvgIpc) is 3.15. The fraction of sp³-hybridized carbons (Fsp3) is 0.851. The Kier molecular flexibility index (Phi) is 41.1. The van der Waals surface area contributed by atoms with Gasteiger partial charge in [-0.15, -0.1) is 0 Å². The minimum absolute atomic E-state index is 0.365. The first kappa shape index (κ1) is 50.6. The minimum atomic E-state index is -1.10. The number of nitrogens with one attached hydrogen (secondary N) is 1. The highest BCUT2D eigenvalue weighted by Gasteiger charge is 2.22. The van der Waals surface area contributed by atoms with Crippen molar-refractivity contribution >= 4 is 5.91 Å². The van der Waals surface area contributed by atoms with Crippen molar-refractivity contribution in [3.05, 3.63) is 36.5 Å². The fourth-order valence-electron chi connectivity index (χ4n) is 6.88. The Bertz CT molecular complexity index is 809. The van der Waals surface area contributed by atoms with Crippen molar-refractivity contribution in [3.8, 4) is 0 Å². The Morgan fingerprint density at radius 2 is 0.808 bits per heavy atom. The van der Waals surface area contributed by atoms with E-state index in [-0.39, 0.29) is 6.61 Å². The normalized spacial score (nSPS) is 13.9. The van der Waals surface area contributed by atoms with Crippen LogP contribution >= 0.6 is 0 Å². The summed E-state index contributed by atoms with van der Waals surface area (Å²) >= 11 is 0. The molecular formula is C47H89NO4. The maximum atomic E-state index is 12.5. The predicted molar refractivity (Wildman–Crippen MR) is 227 cm³/mol. The SMILES string of the molecule is CCCCC/C=C\C=C/CCCCCCCCCCCC(O)C(=O)NC(CO)C(O)/C=C/CCCCCCCCCCCCCCCCCCCC. The zero-order chi connectivity index (χ0) is 38.0. The topological polar surface area (TPSA) is 89.8 Å². The summed E-state index contributed by atoms with van der Waals surface area (Å²) in [6.07, 6.45) is 53.2. The largest absolute Gasteiger partial charge is 0.394 e. The monoisotopic (exact) mass is 732 g/mol. The summed E-state index contributed by atoms with van der Waals surface area (Å²) in [6, 6.07) is -0.799. The van der Waals surface area contributed by atoms with Crippen molar-refractivity contribution in [3.63, 3.8) is 0 Å². The second-order valence-corrected chi connectivity index (χ2v) is 15.6. The lowest BCUT2D eigenvalue weighted by Crippen LogP contribution is -2.48. The highest BCUT2D eigenvalue weighted by molar-refractivity contribution is 5.80. The van der Waals surface area contributed by atoms with E-state index in [1.54, 1.807) is 6.08 Å². The third kappa shape index (κ3) is 36.9. The second kappa shape index (κ2) is 42.3. The first-order valence-electron chi connectivity index (χ1n) is 22.8. The van der Waals surface area contributed by atoms with E-state index in [1.165, 1.54) is 180 Å². The quantitative estimate of drug-likeness (QED) is 0.0286. The third-order valence-corrected chi connectivity index (χ3v) is 10.5. The fourth-order valence-corrected chi connectivity index (χ4v) is 6.88. The van der Waals surface area contributed by atoms with E-state index < -0.39 is 24.2 Å². The molecule has 306 valence electrons. The molecule has 0 saturated heterocycles. The predicted octanol–water partition coefficient (Wildman–Crippen LogP) is 13.2. The van der Waals surface area contributed by atoms with Gasteiger partial charge in [-0.05, 0) is 44.9 Å². The van der Waals surface area contributed by atoms with Crippen molar-refractivity contribution < 1.29 is 20.1 Å². The van der Waals surface area contributed by atoms with E-state index in [1.807, 2.05) is 6.08 Å². The van der Waals surface area contributed by atoms with E-state index in [2.05, 4.69) is 43.5 Å². The molecule has 0 aliphatic carbocycles. The number of unbranched alkanes of at least 4 members (excludes halogenated alkanes) is 30. The number of hydrogen-bond acceptors (Lipinski definition) is 4. The molecule has 0 aliphatic heterocycles. The molecule has 3 atom stereocenters. The van der Waals surface area contributed by atoms with Crippen LogP contribution in [-0.2, 0) is 4.79 Å². The molecule has 0 aliphatic rings. The van der Waals surface area contributed by atoms with Crippen molar-refractivity contribution in [2.45, 2.75) is 250 Å². The molecule has 0 spiro atoms. The number of carbonyl (C=O) groups excluding carboxylic acids is 1. The number of hydrogen-bond donors (Lipinski definition) is 4. The maximum Gasteiger partial charge on any atom is 0.249 e. The highest BCUT2D eigenvalue weighted by atomic mass is 16.3. The Labute approximate surface area is 324 Å². The van der Waals surface area contributed by atoms with Gasteiger partial charge in [0.15, 0.2) is 0 Å². The Hall–Kier alpha value is -1.43. The van der Waals surface area contributed by atoms with E-state index >= 15 is 0 Å². The average molecular weight is 732 g/mol. The van der Waals surface area contributed by atoms with Gasteiger partial charge in [-0.3, -0.25) is 4.79 Å². The molecule has 0 aromatic rings. The number of rotatable bonds is 41. The molecule has 0 radical (unpaired) electrons. The first-order chi connectivity index (χ1) is 25.6. The van der Waals surface area contributed by atoms with E-state index in [9.17, 15) is 20.1 Å². The molecule has 0 bridgehead atoms. The van der Waals surface area contributed by atoms with Crippen LogP contribution in [0.15, 0.2) is 36.5 Å². The molecule has 0 rings (SSSR count). The van der Waals surface area contributed by atoms with E-state index in [0.29, 0.717) is 6.42 Å². The Morgan fingerprint density at radius 1 is 0.481 bits per heavy atom. The summed E-state index contributed by atoms with van der Waals surface area (Å²) in [5.41, 5.74) is 0. The summed E-state index contributed by atoms with van der Waals surface area (Å²) in [5.74, 6) is -0.507. The van der Waals surface area contributed by atoms with Crippen LogP contribution in [0.3, 0.4) is 0 Å². The van der Waals surface area contributed by atoms with Gasteiger partial charge in [-0.2, -0.15) is 0 Å². The van der Waals surface area contributed by atoms with Gasteiger partial charge >= 0.3 is 0 Å². The summed E-state index contributed by atoms with van der Waals surface area (Å²) in [4.78, 5) is 12.5. The van der Waals surface area contributed by atoms with Gasteiger partial charge in [0.2, 0.25) is 5.91 Å². The van der Waals surface area contributed by atoms with Crippen LogP contribution in [0.25, 0.3) is 0 Å². The van der Waals surface area contributed by atoms with Gasteiger partial charge in [0.05, 0.1) is 18.8 Å². The number of aliphatic hydroxyl groups is 3. The highest BCUT2D eigenvalue weighted by Crippen LogP contribution is 2.16. The minimum Gasteiger partial charge on any atom is -0.394 e. The van der Waals surface area contributed by atoms with Gasteiger partial charge < -0.3 is 20.6 Å². The first-order valence-corrected chi connectivity index (χ1v) is 22.8. The molecular weight excluding hydrogens is 643 g/mol. The molecule has 1 amide bonds. The molecule has 52 heavy (non-hydrogen) atoms. The van der Waals surface area contributed by atoms with Crippen LogP contribution in [0.5, 0.6) is 0 Å². The van der Waals surface area contributed by atoms with Gasteiger partial charge in [-0.1, -0.05) is 224 Å². The number of amides is 1. The lowest BCUT2D eigenvalue weighted by molar-refractivity contribution is -0.131. The number of allylic oxidation sites excluding steroid dienone is 5. The van der Waals surface area contributed by atoms with Crippen molar-refractivity contribution in [2.75, 3.05) is 6.61 Å². The third-order valence-electron chi connectivity index (χ3n) is 10.5. The van der Waals surface area contributed by atoms with Crippen LogP contribution in [0.1, 0.15) is 232 Å². The molecule has 3 unspecified atom stereocenters. The van der Waals surface area contributed by atoms with Gasteiger partial charge in [-0.25, -0.2) is 0 Å². The lowest BCUT2D eigenvalue weighted by Gasteiger charge is -2.21. The van der Waals surface area contributed by atoms with Crippen LogP contribution in [0, 0.1) is 0 Å². The molecule has 4 N–H and O–H groups in total. The molecule has 5 heteroatoms. The van der Waals surface area contributed by atoms with Gasteiger partial charge in [0.1, 0.15) is 6.10 Å². The van der Waals surface area contributed by atoms with Crippen LogP contribution < -0.4 is 5.32 Å². The number of aliphatic hydroxyl groups excluding tert-OH is 3. The molecule has 5 nitrogen and oxygen atoms in total. The second-order valence-electron chi connectivity index (χ2n) is 15.6. The zero-order valence-corrected chi connectivity index (χ0v) is 34.7. The van der Waals surface area contributed by atoms with E-state index in [4.69, 9.17) is 0 Å². The maximum absolute atomic E-state index is 12.5. The van der Waals surface area contributed by atoms with Crippen LogP contribution in [-0.4, -0.2) is 46.1 Å². The molecule has 0 heterocycles. The van der Waals surface area contributed by atoms with Crippen molar-refractivity contribution in [1.82, 2.24) is 5.32 Å². The summed E-state index contributed by atoms with van der Waals surface area (Å²) < 4.78 is 0. The Balaban J connectivity index is 3.67. The molecule has 0 saturated carbocycles. The van der Waals surface area contributed by atoms with Crippen LogP contribution in [0.4, 0.5) is 0 Å². The summed E-state index contributed by atoms with van der Waals surface area (Å²) in [7, 11) is 0. The molecule has 0 aromatic carbocycles. The van der Waals surface area contributed by atoms with Crippen molar-refractivity contribution in [2.24, 2.45) is 0 Å². The van der Waals surface area contributed by atoms with Gasteiger partial charge in [0, 0.05) is 0 Å². The molecule has 0 fully saturated rings. The standard InChI is InChI=1S/C47H89NO4/c1-3-5-7-9-11-13-15-17-19-21-23-24-26-27-29-31-33-35-37-39-41-45(50)44(43-49)48-47(52)46(51)42-40-38-36-34-32-30-28-25-22-20-18-16-14-12-10-8-6-4-2/h12,14,16,18,39,41,44-46,49-51H,3-11,13,15,17,19-38,40,42-43H2,1-2H3,(H,48,52)/b14-12-,18-16-,41-39+.